The molecule has 2 heterocycles. The summed E-state index contributed by atoms with van der Waals surface area (Å²) >= 11 is 0. The van der Waals surface area contributed by atoms with Crippen molar-refractivity contribution in [2.24, 2.45) is 5.92 Å². The SMILES string of the molecule is CN(C(=O)C1CCNC1)c1ccc2c(c1)CCCO2. The molecule has 0 radical (unpaired) electrons. The fourth-order valence-electron chi connectivity index (χ4n) is 2.82. The quantitative estimate of drug-likeness (QED) is 0.878. The number of anilines is 1. The van der Waals surface area contributed by atoms with Gasteiger partial charge in [0, 0.05) is 19.3 Å². The molecule has 3 rings (SSSR count). The van der Waals surface area contributed by atoms with Gasteiger partial charge in [0.1, 0.15) is 5.75 Å². The molecule has 0 bridgehead atoms. The monoisotopic (exact) mass is 260 g/mol. The lowest BCUT2D eigenvalue weighted by atomic mass is 10.0. The molecule has 2 aliphatic rings. The van der Waals surface area contributed by atoms with Gasteiger partial charge in [0.15, 0.2) is 0 Å². The number of nitrogens with one attached hydrogen (secondary N) is 1. The van der Waals surface area contributed by atoms with E-state index in [9.17, 15) is 4.79 Å². The van der Waals surface area contributed by atoms with Crippen LogP contribution in [0, 0.1) is 5.92 Å². The highest BCUT2D eigenvalue weighted by molar-refractivity contribution is 5.95. The topological polar surface area (TPSA) is 41.6 Å². The van der Waals surface area contributed by atoms with Gasteiger partial charge in [0.2, 0.25) is 5.91 Å². The molecule has 1 saturated heterocycles. The van der Waals surface area contributed by atoms with E-state index < -0.39 is 0 Å². The predicted octanol–water partition coefficient (Wildman–Crippen LogP) is 1.58. The predicted molar refractivity (Wildman–Crippen MR) is 74.6 cm³/mol. The largest absolute Gasteiger partial charge is 0.493 e. The lowest BCUT2D eigenvalue weighted by Gasteiger charge is -2.23. The number of aryl methyl sites for hydroxylation is 1. The fraction of sp³-hybridized carbons (Fsp3) is 0.533. The Kier molecular flexibility index (Phi) is 3.42. The standard InChI is InChI=1S/C15H20N2O2/c1-17(15(18)12-6-7-16-10-12)13-4-5-14-11(9-13)3-2-8-19-14/h4-5,9,12,16H,2-3,6-8,10H2,1H3. The average molecular weight is 260 g/mol. The molecule has 2 aliphatic heterocycles. The highest BCUT2D eigenvalue weighted by Gasteiger charge is 2.26. The summed E-state index contributed by atoms with van der Waals surface area (Å²) in [4.78, 5) is 14.2. The summed E-state index contributed by atoms with van der Waals surface area (Å²) in [5.74, 6) is 1.30. The van der Waals surface area contributed by atoms with Gasteiger partial charge in [-0.25, -0.2) is 0 Å². The second kappa shape index (κ2) is 5.21. The number of ether oxygens (including phenoxy) is 1. The zero-order chi connectivity index (χ0) is 13.2. The molecular formula is C15H20N2O2. The van der Waals surface area contributed by atoms with Crippen molar-refractivity contribution >= 4 is 11.6 Å². The van der Waals surface area contributed by atoms with E-state index in [1.165, 1.54) is 5.56 Å². The van der Waals surface area contributed by atoms with Gasteiger partial charge in [-0.15, -0.1) is 0 Å². The van der Waals surface area contributed by atoms with Crippen LogP contribution in [0.3, 0.4) is 0 Å². The van der Waals surface area contributed by atoms with Gasteiger partial charge in [-0.3, -0.25) is 4.79 Å². The number of hydrogen-bond acceptors (Lipinski definition) is 3. The van der Waals surface area contributed by atoms with Crippen LogP contribution in [0.2, 0.25) is 0 Å². The Morgan fingerprint density at radius 3 is 3.16 bits per heavy atom. The molecular weight excluding hydrogens is 240 g/mol. The van der Waals surface area contributed by atoms with Crippen LogP contribution < -0.4 is 15.0 Å². The van der Waals surface area contributed by atoms with Gasteiger partial charge in [0.05, 0.1) is 12.5 Å². The van der Waals surface area contributed by atoms with Gasteiger partial charge in [-0.2, -0.15) is 0 Å². The smallest absolute Gasteiger partial charge is 0.231 e. The Balaban J connectivity index is 1.79. The molecule has 0 spiro atoms. The van der Waals surface area contributed by atoms with Crippen LogP contribution in [0.4, 0.5) is 5.69 Å². The first-order valence-corrected chi connectivity index (χ1v) is 7.00. The molecule has 19 heavy (non-hydrogen) atoms. The normalized spacial score (nSPS) is 21.6. The van der Waals surface area contributed by atoms with Gasteiger partial charge < -0.3 is 15.0 Å². The van der Waals surface area contributed by atoms with Crippen LogP contribution in [0.5, 0.6) is 5.75 Å². The first kappa shape index (κ1) is 12.5. The van der Waals surface area contributed by atoms with Gasteiger partial charge >= 0.3 is 0 Å². The molecule has 1 amide bonds. The fourth-order valence-corrected chi connectivity index (χ4v) is 2.82. The number of carbonyl (C=O) groups excluding carboxylic acids is 1. The van der Waals surface area contributed by atoms with Crippen molar-refractivity contribution in [2.75, 3.05) is 31.6 Å². The minimum Gasteiger partial charge on any atom is -0.493 e. The van der Waals surface area contributed by atoms with Crippen molar-refractivity contribution in [1.29, 1.82) is 0 Å². The minimum atomic E-state index is 0.122. The zero-order valence-electron chi connectivity index (χ0n) is 11.3. The lowest BCUT2D eigenvalue weighted by molar-refractivity contribution is -0.121. The molecule has 4 nitrogen and oxygen atoms in total. The van der Waals surface area contributed by atoms with Crippen LogP contribution in [-0.2, 0) is 11.2 Å². The van der Waals surface area contributed by atoms with E-state index in [4.69, 9.17) is 4.74 Å². The molecule has 102 valence electrons. The van der Waals surface area contributed by atoms with Crippen LogP contribution in [0.15, 0.2) is 18.2 Å². The van der Waals surface area contributed by atoms with Crippen LogP contribution in [-0.4, -0.2) is 32.7 Å². The van der Waals surface area contributed by atoms with Crippen LogP contribution >= 0.6 is 0 Å². The van der Waals surface area contributed by atoms with Crippen LogP contribution in [0.25, 0.3) is 0 Å². The van der Waals surface area contributed by atoms with Crippen molar-refractivity contribution in [3.63, 3.8) is 0 Å². The van der Waals surface area contributed by atoms with Crippen LogP contribution in [0.1, 0.15) is 18.4 Å². The van der Waals surface area contributed by atoms with Crippen molar-refractivity contribution in [3.05, 3.63) is 23.8 Å². The number of fused-ring (bicyclic) bond motifs is 1. The maximum Gasteiger partial charge on any atom is 0.231 e. The number of hydrogen-bond donors (Lipinski definition) is 1. The Hall–Kier alpha value is -1.55. The summed E-state index contributed by atoms with van der Waals surface area (Å²) in [7, 11) is 1.87. The Morgan fingerprint density at radius 2 is 2.37 bits per heavy atom. The molecule has 0 aliphatic carbocycles. The zero-order valence-corrected chi connectivity index (χ0v) is 11.3. The Morgan fingerprint density at radius 1 is 1.47 bits per heavy atom. The average Bonchev–Trinajstić information content (AvgIpc) is 2.99. The van der Waals surface area contributed by atoms with Crippen molar-refractivity contribution < 1.29 is 9.53 Å². The third-order valence-electron chi connectivity index (χ3n) is 4.02. The minimum absolute atomic E-state index is 0.122. The Labute approximate surface area is 113 Å². The van der Waals surface area contributed by atoms with Crippen molar-refractivity contribution in [3.8, 4) is 5.75 Å². The lowest BCUT2D eigenvalue weighted by Crippen LogP contribution is -2.34. The molecule has 1 atom stereocenters. The third-order valence-corrected chi connectivity index (χ3v) is 4.02. The highest BCUT2D eigenvalue weighted by Crippen LogP contribution is 2.29. The number of benzene rings is 1. The van der Waals surface area contributed by atoms with Crippen molar-refractivity contribution in [1.82, 2.24) is 5.32 Å². The van der Waals surface area contributed by atoms with E-state index in [2.05, 4.69) is 11.4 Å². The molecule has 1 N–H and O–H groups in total. The third kappa shape index (κ3) is 2.45. The summed E-state index contributed by atoms with van der Waals surface area (Å²) in [5, 5.41) is 3.24. The maximum absolute atomic E-state index is 12.4. The molecule has 0 saturated carbocycles. The van der Waals surface area contributed by atoms with E-state index in [1.54, 1.807) is 4.90 Å². The maximum atomic E-state index is 12.4. The molecule has 1 unspecified atom stereocenters. The molecule has 1 aromatic carbocycles. The highest BCUT2D eigenvalue weighted by atomic mass is 16.5. The van der Waals surface area contributed by atoms with E-state index >= 15 is 0 Å². The second-order valence-corrected chi connectivity index (χ2v) is 5.33. The first-order valence-electron chi connectivity index (χ1n) is 7.00. The van der Waals surface area contributed by atoms with Gasteiger partial charge in [-0.1, -0.05) is 0 Å². The van der Waals surface area contributed by atoms with E-state index in [-0.39, 0.29) is 11.8 Å². The number of rotatable bonds is 2. The van der Waals surface area contributed by atoms with Gasteiger partial charge in [-0.05, 0) is 49.6 Å². The summed E-state index contributed by atoms with van der Waals surface area (Å²) in [6.07, 6.45) is 3.04. The van der Waals surface area contributed by atoms with E-state index in [0.717, 1.165) is 50.4 Å². The van der Waals surface area contributed by atoms with Crippen molar-refractivity contribution in [2.45, 2.75) is 19.3 Å². The summed E-state index contributed by atoms with van der Waals surface area (Å²) in [6, 6.07) is 6.06. The summed E-state index contributed by atoms with van der Waals surface area (Å²) in [6.45, 7) is 2.55. The summed E-state index contributed by atoms with van der Waals surface area (Å²) in [5.41, 5.74) is 2.19. The van der Waals surface area contributed by atoms with E-state index in [0.29, 0.717) is 0 Å². The number of nitrogens with zero attached hydrogens (tertiary/aromatic N) is 1. The molecule has 1 fully saturated rings. The molecule has 1 aromatic rings. The second-order valence-electron chi connectivity index (χ2n) is 5.33. The molecule has 4 heteroatoms. The molecule has 0 aromatic heterocycles. The van der Waals surface area contributed by atoms with Gasteiger partial charge in [0.25, 0.3) is 0 Å². The summed E-state index contributed by atoms with van der Waals surface area (Å²) < 4.78 is 5.61. The number of carbonyl (C=O) groups is 1. The first-order chi connectivity index (χ1) is 9.25. The number of amides is 1. The van der Waals surface area contributed by atoms with E-state index in [1.807, 2.05) is 19.2 Å². The Bertz CT molecular complexity index is 481.